The summed E-state index contributed by atoms with van der Waals surface area (Å²) in [4.78, 5) is 0. The number of aryl methyl sites for hydroxylation is 1. The molecule has 21 heavy (non-hydrogen) atoms. The fourth-order valence-electron chi connectivity index (χ4n) is 2.28. The van der Waals surface area contributed by atoms with E-state index in [9.17, 15) is 0 Å². The Hall–Kier alpha value is -1.10. The number of hydrogen-bond donors (Lipinski definition) is 1. The van der Waals surface area contributed by atoms with E-state index in [0.717, 1.165) is 24.3 Å². The lowest BCUT2D eigenvalue weighted by atomic mass is 9.99. The van der Waals surface area contributed by atoms with Crippen LogP contribution in [0.5, 0.6) is 5.75 Å². The molecule has 1 aromatic rings. The molecule has 4 nitrogen and oxygen atoms in total. The summed E-state index contributed by atoms with van der Waals surface area (Å²) >= 11 is 0. The number of rotatable bonds is 10. The minimum absolute atomic E-state index is 0.135. The van der Waals surface area contributed by atoms with Crippen LogP contribution in [0.15, 0.2) is 12.1 Å². The SMILES string of the molecule is CCCNC(COCCOC)c1ccc(C)c(C)c1OC. The highest BCUT2D eigenvalue weighted by molar-refractivity contribution is 5.46. The summed E-state index contributed by atoms with van der Waals surface area (Å²) in [5.74, 6) is 0.957. The molecule has 1 atom stereocenters. The smallest absolute Gasteiger partial charge is 0.126 e. The van der Waals surface area contributed by atoms with Gasteiger partial charge in [-0.1, -0.05) is 19.1 Å². The first-order chi connectivity index (χ1) is 10.2. The van der Waals surface area contributed by atoms with Gasteiger partial charge in [0.1, 0.15) is 5.75 Å². The molecule has 0 radical (unpaired) electrons. The van der Waals surface area contributed by atoms with Crippen LogP contribution in [0.25, 0.3) is 0 Å². The van der Waals surface area contributed by atoms with E-state index in [4.69, 9.17) is 14.2 Å². The predicted molar refractivity (Wildman–Crippen MR) is 86.2 cm³/mol. The molecule has 0 saturated heterocycles. The van der Waals surface area contributed by atoms with Gasteiger partial charge < -0.3 is 19.5 Å². The van der Waals surface area contributed by atoms with Crippen molar-refractivity contribution < 1.29 is 14.2 Å². The molecular formula is C17H29NO3. The molecule has 1 unspecified atom stereocenters. The molecule has 0 aliphatic carbocycles. The Morgan fingerprint density at radius 1 is 1.14 bits per heavy atom. The van der Waals surface area contributed by atoms with E-state index in [0.29, 0.717) is 19.8 Å². The summed E-state index contributed by atoms with van der Waals surface area (Å²) in [6.45, 7) is 9.15. The largest absolute Gasteiger partial charge is 0.496 e. The van der Waals surface area contributed by atoms with E-state index < -0.39 is 0 Å². The maximum atomic E-state index is 5.71. The number of methoxy groups -OCH3 is 2. The molecule has 120 valence electrons. The third-order valence-electron chi connectivity index (χ3n) is 3.64. The number of nitrogens with one attached hydrogen (secondary N) is 1. The van der Waals surface area contributed by atoms with Crippen LogP contribution >= 0.6 is 0 Å². The quantitative estimate of drug-likeness (QED) is 0.674. The Morgan fingerprint density at radius 2 is 1.90 bits per heavy atom. The van der Waals surface area contributed by atoms with Crippen molar-refractivity contribution in [2.45, 2.75) is 33.2 Å². The zero-order valence-corrected chi connectivity index (χ0v) is 14.0. The molecule has 1 N–H and O–H groups in total. The van der Waals surface area contributed by atoms with Gasteiger partial charge in [0.05, 0.1) is 33.0 Å². The second-order valence-corrected chi connectivity index (χ2v) is 5.20. The highest BCUT2D eigenvalue weighted by Gasteiger charge is 2.18. The summed E-state index contributed by atoms with van der Waals surface area (Å²) in [5, 5.41) is 3.54. The monoisotopic (exact) mass is 295 g/mol. The lowest BCUT2D eigenvalue weighted by Crippen LogP contribution is -2.27. The van der Waals surface area contributed by atoms with E-state index in [1.54, 1.807) is 14.2 Å². The standard InChI is InChI=1S/C17H29NO3/c1-6-9-18-16(12-21-11-10-19-4)15-8-7-13(2)14(3)17(15)20-5/h7-8,16,18H,6,9-12H2,1-5H3. The Kier molecular flexibility index (Phi) is 8.35. The van der Waals surface area contributed by atoms with Gasteiger partial charge in [-0.2, -0.15) is 0 Å². The van der Waals surface area contributed by atoms with Crippen molar-refractivity contribution in [3.8, 4) is 5.75 Å². The van der Waals surface area contributed by atoms with Gasteiger partial charge in [0.2, 0.25) is 0 Å². The molecule has 0 saturated carbocycles. The van der Waals surface area contributed by atoms with Gasteiger partial charge in [-0.05, 0) is 37.9 Å². The van der Waals surface area contributed by atoms with Crippen molar-refractivity contribution in [2.24, 2.45) is 0 Å². The van der Waals surface area contributed by atoms with E-state index in [2.05, 4.69) is 38.2 Å². The van der Waals surface area contributed by atoms with Crippen LogP contribution in [0.3, 0.4) is 0 Å². The van der Waals surface area contributed by atoms with Crippen LogP contribution in [0.1, 0.15) is 36.1 Å². The van der Waals surface area contributed by atoms with Gasteiger partial charge in [-0.15, -0.1) is 0 Å². The molecule has 0 aliphatic rings. The average molecular weight is 295 g/mol. The zero-order valence-electron chi connectivity index (χ0n) is 14.0. The fraction of sp³-hybridized carbons (Fsp3) is 0.647. The van der Waals surface area contributed by atoms with Gasteiger partial charge in [-0.3, -0.25) is 0 Å². The van der Waals surface area contributed by atoms with Crippen molar-refractivity contribution in [2.75, 3.05) is 40.6 Å². The van der Waals surface area contributed by atoms with Gasteiger partial charge >= 0.3 is 0 Å². The molecule has 0 spiro atoms. The lowest BCUT2D eigenvalue weighted by molar-refractivity contribution is 0.0582. The second-order valence-electron chi connectivity index (χ2n) is 5.20. The molecule has 0 aromatic heterocycles. The van der Waals surface area contributed by atoms with E-state index in [1.165, 1.54) is 11.1 Å². The third kappa shape index (κ3) is 5.30. The maximum absolute atomic E-state index is 5.71. The normalized spacial score (nSPS) is 12.4. The number of hydrogen-bond acceptors (Lipinski definition) is 4. The molecule has 0 amide bonds. The van der Waals surface area contributed by atoms with Crippen molar-refractivity contribution >= 4 is 0 Å². The van der Waals surface area contributed by atoms with Crippen LogP contribution < -0.4 is 10.1 Å². The first kappa shape index (κ1) is 18.0. The van der Waals surface area contributed by atoms with Crippen molar-refractivity contribution in [3.05, 3.63) is 28.8 Å². The third-order valence-corrected chi connectivity index (χ3v) is 3.64. The Labute approximate surface area is 128 Å². The van der Waals surface area contributed by atoms with Crippen molar-refractivity contribution in [1.29, 1.82) is 0 Å². The Morgan fingerprint density at radius 3 is 2.52 bits per heavy atom. The molecule has 0 bridgehead atoms. The summed E-state index contributed by atoms with van der Waals surface area (Å²) in [7, 11) is 3.41. The minimum Gasteiger partial charge on any atom is -0.496 e. The molecule has 0 aliphatic heterocycles. The molecule has 0 heterocycles. The summed E-state index contributed by atoms with van der Waals surface area (Å²) in [6.07, 6.45) is 1.09. The van der Waals surface area contributed by atoms with Gasteiger partial charge in [0.25, 0.3) is 0 Å². The summed E-state index contributed by atoms with van der Waals surface area (Å²) in [6, 6.07) is 4.41. The van der Waals surface area contributed by atoms with Crippen LogP contribution in [-0.2, 0) is 9.47 Å². The summed E-state index contributed by atoms with van der Waals surface area (Å²) in [5.41, 5.74) is 3.59. The van der Waals surface area contributed by atoms with Crippen LogP contribution in [0.2, 0.25) is 0 Å². The van der Waals surface area contributed by atoms with E-state index in [-0.39, 0.29) is 6.04 Å². The van der Waals surface area contributed by atoms with Gasteiger partial charge in [0.15, 0.2) is 0 Å². The molecule has 4 heteroatoms. The lowest BCUT2D eigenvalue weighted by Gasteiger charge is -2.23. The maximum Gasteiger partial charge on any atom is 0.126 e. The zero-order chi connectivity index (χ0) is 15.7. The first-order valence-electron chi connectivity index (χ1n) is 7.59. The molecular weight excluding hydrogens is 266 g/mol. The van der Waals surface area contributed by atoms with Crippen LogP contribution in [0.4, 0.5) is 0 Å². The summed E-state index contributed by atoms with van der Waals surface area (Å²) < 4.78 is 16.4. The van der Waals surface area contributed by atoms with Crippen molar-refractivity contribution in [1.82, 2.24) is 5.32 Å². The first-order valence-corrected chi connectivity index (χ1v) is 7.59. The highest BCUT2D eigenvalue weighted by atomic mass is 16.5. The van der Waals surface area contributed by atoms with Gasteiger partial charge in [-0.25, -0.2) is 0 Å². The number of benzene rings is 1. The highest BCUT2D eigenvalue weighted by Crippen LogP contribution is 2.31. The fourth-order valence-corrected chi connectivity index (χ4v) is 2.28. The second kappa shape index (κ2) is 9.77. The topological polar surface area (TPSA) is 39.7 Å². The van der Waals surface area contributed by atoms with Crippen molar-refractivity contribution in [3.63, 3.8) is 0 Å². The van der Waals surface area contributed by atoms with Crippen LogP contribution in [0, 0.1) is 13.8 Å². The predicted octanol–water partition coefficient (Wildman–Crippen LogP) is 3.02. The minimum atomic E-state index is 0.135. The molecule has 1 rings (SSSR count). The average Bonchev–Trinajstić information content (AvgIpc) is 2.49. The van der Waals surface area contributed by atoms with Gasteiger partial charge in [0, 0.05) is 12.7 Å². The number of ether oxygens (including phenoxy) is 3. The Bertz CT molecular complexity index is 421. The van der Waals surface area contributed by atoms with E-state index >= 15 is 0 Å². The molecule has 0 fully saturated rings. The Balaban J connectivity index is 2.88. The van der Waals surface area contributed by atoms with Crippen LogP contribution in [-0.4, -0.2) is 40.6 Å². The van der Waals surface area contributed by atoms with E-state index in [1.807, 2.05) is 0 Å². The molecule has 1 aromatic carbocycles.